The Kier molecular flexibility index (Phi) is 8.28. The van der Waals surface area contributed by atoms with Crippen molar-refractivity contribution in [3.63, 3.8) is 0 Å². The monoisotopic (exact) mass is 569 g/mol. The Bertz CT molecular complexity index is 1650. The molecule has 13 heteroatoms. The number of benzene rings is 4. The van der Waals surface area contributed by atoms with Gasteiger partial charge in [0, 0.05) is 16.9 Å². The fraction of sp³-hybridized carbons (Fsp3) is 0.0345. The summed E-state index contributed by atoms with van der Waals surface area (Å²) in [6.45, 7) is 0. The molecule has 0 fully saturated rings. The second-order valence-electron chi connectivity index (χ2n) is 8.65. The van der Waals surface area contributed by atoms with Crippen molar-refractivity contribution in [2.45, 2.75) is 6.18 Å². The van der Waals surface area contributed by atoms with Gasteiger partial charge in [-0.25, -0.2) is 5.43 Å². The molecule has 0 aliphatic heterocycles. The summed E-state index contributed by atoms with van der Waals surface area (Å²) in [7, 11) is 0. The molecule has 5 rings (SSSR count). The highest BCUT2D eigenvalue weighted by molar-refractivity contribution is 5.85. The number of alkyl halides is 3. The van der Waals surface area contributed by atoms with Crippen molar-refractivity contribution in [3.8, 4) is 5.75 Å². The van der Waals surface area contributed by atoms with Crippen LogP contribution in [0.15, 0.2) is 118 Å². The molecule has 0 atom stereocenters. The maximum atomic E-state index is 13.0. The highest BCUT2D eigenvalue weighted by Crippen LogP contribution is 2.32. The third-order valence-electron chi connectivity index (χ3n) is 5.53. The summed E-state index contributed by atoms with van der Waals surface area (Å²) >= 11 is 0. The summed E-state index contributed by atoms with van der Waals surface area (Å²) in [4.78, 5) is 13.1. The van der Waals surface area contributed by atoms with Gasteiger partial charge >= 0.3 is 6.18 Å². The largest absolute Gasteiger partial charge is 0.507 e. The van der Waals surface area contributed by atoms with E-state index in [2.05, 4.69) is 46.3 Å². The van der Waals surface area contributed by atoms with Crippen molar-refractivity contribution in [1.82, 2.24) is 15.0 Å². The van der Waals surface area contributed by atoms with E-state index in [1.807, 2.05) is 60.7 Å². The lowest BCUT2D eigenvalue weighted by Gasteiger charge is -2.10. The zero-order chi connectivity index (χ0) is 29.4. The average Bonchev–Trinajstić information content (AvgIpc) is 2.98. The number of aromatic hydroxyl groups is 1. The zero-order valence-corrected chi connectivity index (χ0v) is 21.7. The third kappa shape index (κ3) is 7.63. The smallest absolute Gasteiger partial charge is 0.416 e. The third-order valence-corrected chi connectivity index (χ3v) is 5.53. The van der Waals surface area contributed by atoms with Gasteiger partial charge in [0.1, 0.15) is 5.75 Å². The van der Waals surface area contributed by atoms with Crippen LogP contribution in [0.25, 0.3) is 0 Å². The van der Waals surface area contributed by atoms with Gasteiger partial charge in [-0.3, -0.25) is 0 Å². The van der Waals surface area contributed by atoms with E-state index in [0.717, 1.165) is 23.5 Å². The van der Waals surface area contributed by atoms with Crippen molar-refractivity contribution in [3.05, 3.63) is 114 Å². The van der Waals surface area contributed by atoms with Crippen LogP contribution in [0, 0.1) is 0 Å². The molecule has 0 bridgehead atoms. The number of halogens is 3. The minimum atomic E-state index is -4.49. The van der Waals surface area contributed by atoms with E-state index in [4.69, 9.17) is 0 Å². The van der Waals surface area contributed by atoms with Gasteiger partial charge in [0.15, 0.2) is 0 Å². The first kappa shape index (κ1) is 27.7. The molecule has 0 spiro atoms. The maximum absolute atomic E-state index is 13.0. The molecule has 0 radical (unpaired) electrons. The van der Waals surface area contributed by atoms with Gasteiger partial charge in [-0.05, 0) is 60.7 Å². The van der Waals surface area contributed by atoms with Crippen LogP contribution in [0.4, 0.5) is 53.8 Å². The predicted molar refractivity (Wildman–Crippen MR) is 154 cm³/mol. The number of azo groups is 1. The first-order valence-electron chi connectivity index (χ1n) is 12.4. The zero-order valence-electron chi connectivity index (χ0n) is 21.7. The first-order valence-corrected chi connectivity index (χ1v) is 12.4. The number of anilines is 5. The molecular weight excluding hydrogens is 547 g/mol. The summed E-state index contributed by atoms with van der Waals surface area (Å²) in [6.07, 6.45) is -3.17. The Balaban J connectivity index is 1.34. The van der Waals surface area contributed by atoms with Crippen molar-refractivity contribution < 1.29 is 18.3 Å². The van der Waals surface area contributed by atoms with Crippen LogP contribution >= 0.6 is 0 Å². The van der Waals surface area contributed by atoms with Crippen LogP contribution in [0.3, 0.4) is 0 Å². The molecule has 42 heavy (non-hydrogen) atoms. The SMILES string of the molecule is Oc1ccc(N=Nc2cccc(C(F)(F)F)c2)cc1/C=N\Nc1nc(Nc2ccccc2)nc(Nc2ccccc2)n1. The lowest BCUT2D eigenvalue weighted by Crippen LogP contribution is -2.07. The van der Waals surface area contributed by atoms with Gasteiger partial charge in [-0.1, -0.05) is 42.5 Å². The van der Waals surface area contributed by atoms with E-state index < -0.39 is 11.7 Å². The summed E-state index contributed by atoms with van der Waals surface area (Å²) in [5, 5.41) is 28.5. The van der Waals surface area contributed by atoms with E-state index in [0.29, 0.717) is 0 Å². The molecule has 4 N–H and O–H groups in total. The number of phenolic OH excluding ortho intramolecular Hbond substituents is 1. The van der Waals surface area contributed by atoms with Crippen LogP contribution < -0.4 is 16.1 Å². The lowest BCUT2D eigenvalue weighted by molar-refractivity contribution is -0.137. The predicted octanol–water partition coefficient (Wildman–Crippen LogP) is 7.94. The van der Waals surface area contributed by atoms with Crippen molar-refractivity contribution in [2.75, 3.05) is 16.1 Å². The van der Waals surface area contributed by atoms with Gasteiger partial charge in [-0.2, -0.15) is 43.5 Å². The molecule has 10 nitrogen and oxygen atoms in total. The highest BCUT2D eigenvalue weighted by Gasteiger charge is 2.30. The van der Waals surface area contributed by atoms with E-state index in [1.54, 1.807) is 0 Å². The Morgan fingerprint density at radius 2 is 1.21 bits per heavy atom. The molecule has 0 aliphatic carbocycles. The Morgan fingerprint density at radius 1 is 0.643 bits per heavy atom. The molecule has 210 valence electrons. The summed E-state index contributed by atoms with van der Waals surface area (Å²) < 4.78 is 38.9. The molecule has 0 aliphatic rings. The minimum Gasteiger partial charge on any atom is -0.507 e. The molecule has 0 saturated carbocycles. The molecule has 1 heterocycles. The van der Waals surface area contributed by atoms with Crippen LogP contribution in [0.5, 0.6) is 5.75 Å². The fourth-order valence-corrected chi connectivity index (χ4v) is 3.57. The number of hydrogen-bond donors (Lipinski definition) is 4. The second-order valence-corrected chi connectivity index (χ2v) is 8.65. The first-order chi connectivity index (χ1) is 20.3. The van der Waals surface area contributed by atoms with E-state index in [-0.39, 0.29) is 40.5 Å². The van der Waals surface area contributed by atoms with Gasteiger partial charge in [0.25, 0.3) is 0 Å². The van der Waals surface area contributed by atoms with Crippen LogP contribution in [-0.2, 0) is 6.18 Å². The average molecular weight is 570 g/mol. The Morgan fingerprint density at radius 3 is 1.81 bits per heavy atom. The van der Waals surface area contributed by atoms with Gasteiger partial charge in [0.2, 0.25) is 17.8 Å². The summed E-state index contributed by atoms with van der Waals surface area (Å²) in [6, 6.07) is 27.5. The lowest BCUT2D eigenvalue weighted by atomic mass is 10.2. The fourth-order valence-electron chi connectivity index (χ4n) is 3.57. The van der Waals surface area contributed by atoms with E-state index in [9.17, 15) is 18.3 Å². The second kappa shape index (κ2) is 12.6. The number of phenols is 1. The standard InChI is InChI=1S/C29H22F3N9O/c30-29(31,32)20-8-7-13-23(17-20)39-40-24-14-15-25(42)19(16-24)18-33-41-28-37-26(34-21-9-3-1-4-10-21)36-27(38-28)35-22-11-5-2-6-12-22/h1-18,42H,(H3,34,35,36,37,38,41)/b33-18-,40-39?. The van der Waals surface area contributed by atoms with E-state index >= 15 is 0 Å². The molecule has 0 amide bonds. The summed E-state index contributed by atoms with van der Waals surface area (Å²) in [5.41, 5.74) is 4.02. The maximum Gasteiger partial charge on any atom is 0.416 e. The van der Waals surface area contributed by atoms with Gasteiger partial charge < -0.3 is 15.7 Å². The number of hydrogen-bond acceptors (Lipinski definition) is 10. The van der Waals surface area contributed by atoms with Crippen LogP contribution in [0.2, 0.25) is 0 Å². The number of nitrogens with zero attached hydrogens (tertiary/aromatic N) is 6. The number of aromatic nitrogens is 3. The van der Waals surface area contributed by atoms with Crippen LogP contribution in [0.1, 0.15) is 11.1 Å². The van der Waals surface area contributed by atoms with Gasteiger partial charge in [-0.15, -0.1) is 0 Å². The topological polar surface area (TPSA) is 132 Å². The normalized spacial score (nSPS) is 11.6. The number of para-hydroxylation sites is 2. The quantitative estimate of drug-likeness (QED) is 0.0805. The minimum absolute atomic E-state index is 0.0319. The number of nitrogens with one attached hydrogen (secondary N) is 3. The molecule has 0 unspecified atom stereocenters. The highest BCUT2D eigenvalue weighted by atomic mass is 19.4. The Labute approximate surface area is 237 Å². The molecule has 5 aromatic rings. The van der Waals surface area contributed by atoms with E-state index in [1.165, 1.54) is 36.5 Å². The Hall–Kier alpha value is -5.85. The number of rotatable bonds is 9. The van der Waals surface area contributed by atoms with Crippen LogP contribution in [-0.4, -0.2) is 26.3 Å². The van der Waals surface area contributed by atoms with Crippen molar-refractivity contribution >= 4 is 46.8 Å². The van der Waals surface area contributed by atoms with Gasteiger partial charge in [0.05, 0.1) is 23.2 Å². The van der Waals surface area contributed by atoms with Crippen molar-refractivity contribution in [2.24, 2.45) is 15.3 Å². The van der Waals surface area contributed by atoms with Crippen molar-refractivity contribution in [1.29, 1.82) is 0 Å². The molecule has 4 aromatic carbocycles. The molecular formula is C29H22F3N9O. The number of hydrazone groups is 1. The summed E-state index contributed by atoms with van der Waals surface area (Å²) in [5.74, 6) is 0.518. The molecule has 0 saturated heterocycles. The molecule has 1 aromatic heterocycles.